The largest absolute Gasteiger partial charge is 0.280 e. The molecule has 0 atom stereocenters. The maximum atomic E-state index is 12.5. The lowest BCUT2D eigenvalue weighted by atomic mass is 10.2. The lowest BCUT2D eigenvalue weighted by Crippen LogP contribution is -2.14. The van der Waals surface area contributed by atoms with Gasteiger partial charge in [0.15, 0.2) is 0 Å². The van der Waals surface area contributed by atoms with Crippen LogP contribution in [-0.4, -0.2) is 23.8 Å². The Balaban J connectivity index is 2.01. The SMILES string of the molecule is Cc1ccc(C#N)cc1S(=O)(=O)Nc1ccc2n[nH]nc2c1. The van der Waals surface area contributed by atoms with Gasteiger partial charge >= 0.3 is 0 Å². The van der Waals surface area contributed by atoms with E-state index in [9.17, 15) is 8.42 Å². The number of nitrogens with one attached hydrogen (secondary N) is 2. The summed E-state index contributed by atoms with van der Waals surface area (Å²) in [7, 11) is -3.79. The summed E-state index contributed by atoms with van der Waals surface area (Å²) in [4.78, 5) is 0.0757. The van der Waals surface area contributed by atoms with Gasteiger partial charge in [0, 0.05) is 0 Å². The lowest BCUT2D eigenvalue weighted by molar-refractivity contribution is 0.600. The van der Waals surface area contributed by atoms with Crippen molar-refractivity contribution in [2.45, 2.75) is 11.8 Å². The van der Waals surface area contributed by atoms with E-state index in [2.05, 4.69) is 20.1 Å². The van der Waals surface area contributed by atoms with E-state index in [1.54, 1.807) is 37.3 Å². The molecule has 0 saturated carbocycles. The summed E-state index contributed by atoms with van der Waals surface area (Å²) in [6.45, 7) is 1.68. The van der Waals surface area contributed by atoms with Crippen molar-refractivity contribution in [1.82, 2.24) is 15.4 Å². The van der Waals surface area contributed by atoms with Crippen LogP contribution in [0.5, 0.6) is 0 Å². The van der Waals surface area contributed by atoms with Gasteiger partial charge in [0.25, 0.3) is 10.0 Å². The molecule has 1 aromatic heterocycles. The summed E-state index contributed by atoms with van der Waals surface area (Å²) >= 11 is 0. The molecule has 0 spiro atoms. The maximum Gasteiger partial charge on any atom is 0.262 e. The van der Waals surface area contributed by atoms with Crippen LogP contribution in [0.1, 0.15) is 11.1 Å². The first-order chi connectivity index (χ1) is 10.5. The van der Waals surface area contributed by atoms with Crippen molar-refractivity contribution in [1.29, 1.82) is 5.26 Å². The summed E-state index contributed by atoms with van der Waals surface area (Å²) < 4.78 is 27.5. The average Bonchev–Trinajstić information content (AvgIpc) is 2.94. The number of aromatic nitrogens is 3. The van der Waals surface area contributed by atoms with Crippen LogP contribution in [0.3, 0.4) is 0 Å². The lowest BCUT2D eigenvalue weighted by Gasteiger charge is -2.10. The molecule has 2 N–H and O–H groups in total. The van der Waals surface area contributed by atoms with E-state index in [1.165, 1.54) is 6.07 Å². The fourth-order valence-corrected chi connectivity index (χ4v) is 3.39. The minimum absolute atomic E-state index is 0.0757. The van der Waals surface area contributed by atoms with Gasteiger partial charge in [0.05, 0.1) is 22.2 Å². The number of sulfonamides is 1. The van der Waals surface area contributed by atoms with Crippen LogP contribution in [0.2, 0.25) is 0 Å². The zero-order chi connectivity index (χ0) is 15.7. The first kappa shape index (κ1) is 14.0. The molecule has 0 aliphatic heterocycles. The number of aromatic amines is 1. The van der Waals surface area contributed by atoms with Crippen molar-refractivity contribution in [2.75, 3.05) is 4.72 Å². The number of aryl methyl sites for hydroxylation is 1. The smallest absolute Gasteiger partial charge is 0.262 e. The molecule has 0 bridgehead atoms. The highest BCUT2D eigenvalue weighted by molar-refractivity contribution is 7.92. The van der Waals surface area contributed by atoms with Crippen LogP contribution in [0.25, 0.3) is 11.0 Å². The Hall–Kier alpha value is -2.92. The van der Waals surface area contributed by atoms with Gasteiger partial charge in [0.1, 0.15) is 11.0 Å². The molecule has 22 heavy (non-hydrogen) atoms. The van der Waals surface area contributed by atoms with Crippen molar-refractivity contribution in [2.24, 2.45) is 0 Å². The van der Waals surface area contributed by atoms with Gasteiger partial charge in [-0.25, -0.2) is 8.42 Å². The number of hydrogen-bond acceptors (Lipinski definition) is 5. The van der Waals surface area contributed by atoms with E-state index < -0.39 is 10.0 Å². The third-order valence-electron chi connectivity index (χ3n) is 3.18. The molecule has 0 unspecified atom stereocenters. The number of rotatable bonds is 3. The van der Waals surface area contributed by atoms with Gasteiger partial charge in [0.2, 0.25) is 0 Å². The van der Waals surface area contributed by atoms with Gasteiger partial charge in [-0.05, 0) is 42.8 Å². The van der Waals surface area contributed by atoms with Gasteiger partial charge in [-0.15, -0.1) is 0 Å². The van der Waals surface area contributed by atoms with Crippen molar-refractivity contribution < 1.29 is 8.42 Å². The predicted molar refractivity (Wildman–Crippen MR) is 80.6 cm³/mol. The van der Waals surface area contributed by atoms with Gasteiger partial charge in [-0.2, -0.15) is 20.7 Å². The third-order valence-corrected chi connectivity index (χ3v) is 4.70. The van der Waals surface area contributed by atoms with E-state index >= 15 is 0 Å². The quantitative estimate of drug-likeness (QED) is 0.767. The predicted octanol–water partition coefficient (Wildman–Crippen LogP) is 1.94. The van der Waals surface area contributed by atoms with Crippen molar-refractivity contribution in [3.05, 3.63) is 47.5 Å². The summed E-state index contributed by atoms with van der Waals surface area (Å²) in [6.07, 6.45) is 0. The highest BCUT2D eigenvalue weighted by Crippen LogP contribution is 2.22. The van der Waals surface area contributed by atoms with Gasteiger partial charge in [-0.1, -0.05) is 6.07 Å². The summed E-state index contributed by atoms with van der Waals surface area (Å²) in [5.41, 5.74) is 2.43. The monoisotopic (exact) mass is 313 g/mol. The van der Waals surface area contributed by atoms with Crippen LogP contribution < -0.4 is 4.72 Å². The van der Waals surface area contributed by atoms with Crippen LogP contribution in [-0.2, 0) is 10.0 Å². The fraction of sp³-hybridized carbons (Fsp3) is 0.0714. The van der Waals surface area contributed by atoms with Gasteiger partial charge in [-0.3, -0.25) is 4.72 Å². The first-order valence-electron chi connectivity index (χ1n) is 6.34. The van der Waals surface area contributed by atoms with Gasteiger partial charge < -0.3 is 0 Å². The Bertz CT molecular complexity index is 1000. The zero-order valence-electron chi connectivity index (χ0n) is 11.5. The Morgan fingerprint density at radius 2 is 1.91 bits per heavy atom. The molecule has 0 radical (unpaired) electrons. The molecule has 3 aromatic rings. The summed E-state index contributed by atoms with van der Waals surface area (Å²) in [5, 5.41) is 19.2. The summed E-state index contributed by atoms with van der Waals surface area (Å²) in [5.74, 6) is 0. The van der Waals surface area contributed by atoms with E-state index in [4.69, 9.17) is 5.26 Å². The number of hydrogen-bond donors (Lipinski definition) is 2. The number of nitrogens with zero attached hydrogens (tertiary/aromatic N) is 3. The van der Waals surface area contributed by atoms with Crippen molar-refractivity contribution >= 4 is 26.7 Å². The molecule has 0 amide bonds. The second-order valence-corrected chi connectivity index (χ2v) is 6.38. The van der Waals surface area contributed by atoms with E-state index in [0.717, 1.165) is 0 Å². The van der Waals surface area contributed by atoms with Crippen LogP contribution >= 0.6 is 0 Å². The average molecular weight is 313 g/mol. The Morgan fingerprint density at radius 1 is 1.14 bits per heavy atom. The molecule has 0 aliphatic carbocycles. The third kappa shape index (κ3) is 2.49. The minimum Gasteiger partial charge on any atom is -0.280 e. The highest BCUT2D eigenvalue weighted by Gasteiger charge is 2.18. The Kier molecular flexibility index (Phi) is 3.27. The molecule has 0 aliphatic rings. The molecule has 0 fully saturated rings. The normalized spacial score (nSPS) is 11.3. The Labute approximate surface area is 126 Å². The molecular weight excluding hydrogens is 302 g/mol. The molecule has 7 nitrogen and oxygen atoms in total. The molecule has 1 heterocycles. The number of benzene rings is 2. The van der Waals surface area contributed by atoms with Crippen LogP contribution in [0.15, 0.2) is 41.3 Å². The van der Waals surface area contributed by atoms with Crippen LogP contribution in [0, 0.1) is 18.3 Å². The van der Waals surface area contributed by atoms with E-state index in [-0.39, 0.29) is 10.5 Å². The minimum atomic E-state index is -3.79. The first-order valence-corrected chi connectivity index (χ1v) is 7.82. The van der Waals surface area contributed by atoms with E-state index in [1.807, 2.05) is 6.07 Å². The van der Waals surface area contributed by atoms with Crippen molar-refractivity contribution in [3.63, 3.8) is 0 Å². The highest BCUT2D eigenvalue weighted by atomic mass is 32.2. The fourth-order valence-electron chi connectivity index (χ4n) is 2.07. The zero-order valence-corrected chi connectivity index (χ0v) is 12.3. The van der Waals surface area contributed by atoms with Crippen molar-refractivity contribution in [3.8, 4) is 6.07 Å². The summed E-state index contributed by atoms with van der Waals surface area (Å²) in [6, 6.07) is 11.3. The second-order valence-electron chi connectivity index (χ2n) is 4.72. The van der Waals surface area contributed by atoms with Crippen LogP contribution in [0.4, 0.5) is 5.69 Å². The molecular formula is C14H11N5O2S. The second kappa shape index (κ2) is 5.13. The maximum absolute atomic E-state index is 12.5. The number of nitriles is 1. The molecule has 110 valence electrons. The number of anilines is 1. The standard InChI is InChI=1S/C14H11N5O2S/c1-9-2-3-10(8-15)6-14(9)22(20,21)18-11-4-5-12-13(7-11)17-19-16-12/h2-7,18H,1H3,(H,16,17,19). The Morgan fingerprint density at radius 3 is 2.68 bits per heavy atom. The van der Waals surface area contributed by atoms with E-state index in [0.29, 0.717) is 22.3 Å². The number of H-pyrrole nitrogens is 1. The number of fused-ring (bicyclic) bond motifs is 1. The molecule has 2 aromatic carbocycles. The molecule has 3 rings (SSSR count). The molecule has 0 saturated heterocycles. The molecule has 8 heteroatoms. The topological polar surface area (TPSA) is 112 Å².